The summed E-state index contributed by atoms with van der Waals surface area (Å²) in [5.74, 6) is 0. The van der Waals surface area contributed by atoms with Crippen molar-refractivity contribution in [1.29, 1.82) is 0 Å². The van der Waals surface area contributed by atoms with Gasteiger partial charge in [0.25, 0.3) is 6.71 Å². The van der Waals surface area contributed by atoms with E-state index in [1.807, 2.05) is 0 Å². The van der Waals surface area contributed by atoms with Crippen LogP contribution in [0, 0.1) is 41.5 Å². The van der Waals surface area contributed by atoms with Gasteiger partial charge in [-0.05, 0) is 179 Å². The highest BCUT2D eigenvalue weighted by Gasteiger charge is 2.46. The molecular formula is C68H62BN3O. The van der Waals surface area contributed by atoms with E-state index in [1.54, 1.807) is 0 Å². The largest absolute Gasteiger partial charge is 0.456 e. The Kier molecular flexibility index (Phi) is 9.81. The van der Waals surface area contributed by atoms with Crippen molar-refractivity contribution in [2.45, 2.75) is 93.9 Å². The van der Waals surface area contributed by atoms with Crippen LogP contribution in [0.4, 0.5) is 34.1 Å². The van der Waals surface area contributed by atoms with Crippen molar-refractivity contribution in [3.8, 4) is 16.8 Å². The van der Waals surface area contributed by atoms with E-state index in [4.69, 9.17) is 4.42 Å². The number of fused-ring (bicyclic) bond motifs is 10. The fourth-order valence-electron chi connectivity index (χ4n) is 12.9. The Balaban J connectivity index is 1.18. The lowest BCUT2D eigenvalue weighted by molar-refractivity contribution is 0.590. The standard InChI is InChI=1S/C68H62BN3O/c1-39-20-17-21-40(2)64(39)70-54-27-15-13-24-49(54)51-37-53-57(38-55(51)70)72(66-43(5)32-45(33-44(66)6)48-26-19-29-61-62(48)50-25-14-16-28-60(50)73-61)59-36-47(68(10,11)12)35-58-63(59)69(53)52-31-30-46(67(7,8)9)34-56(52)71(58)65-41(3)22-18-23-42(65)4/h13-38H,1-12H3. The predicted octanol–water partition coefficient (Wildman–Crippen LogP) is 16.9. The normalized spacial score (nSPS) is 13.4. The predicted molar refractivity (Wildman–Crippen MR) is 313 cm³/mol. The third kappa shape index (κ3) is 6.67. The number of aromatic nitrogens is 1. The van der Waals surface area contributed by atoms with E-state index in [2.05, 4.69) is 255 Å². The van der Waals surface area contributed by atoms with Crippen LogP contribution in [0.15, 0.2) is 162 Å². The van der Waals surface area contributed by atoms with E-state index in [0.717, 1.165) is 21.9 Å². The zero-order valence-corrected chi connectivity index (χ0v) is 44.3. The quantitative estimate of drug-likeness (QED) is 0.164. The molecule has 0 unspecified atom stereocenters. The van der Waals surface area contributed by atoms with Crippen LogP contribution in [0.3, 0.4) is 0 Å². The Labute approximate surface area is 430 Å². The zero-order valence-electron chi connectivity index (χ0n) is 44.3. The number of anilines is 6. The Bertz CT molecular complexity index is 4090. The molecule has 9 aromatic carbocycles. The summed E-state index contributed by atoms with van der Waals surface area (Å²) in [5.41, 5.74) is 29.1. The van der Waals surface area contributed by atoms with Crippen molar-refractivity contribution < 1.29 is 4.42 Å². The Morgan fingerprint density at radius 3 is 1.58 bits per heavy atom. The third-order valence-electron chi connectivity index (χ3n) is 16.3. The fourth-order valence-corrected chi connectivity index (χ4v) is 12.9. The SMILES string of the molecule is Cc1cccc(C)c1N1c2cc(C(C)(C)C)ccc2B2c3cc4c5ccccc5n(-c5c(C)cccc5C)c4cc3N(c3c(C)cc(-c4cccc5oc6ccccc6c45)cc3C)c3cc(C(C)(C)C)cc1c32. The zero-order chi connectivity index (χ0) is 50.6. The Hall–Kier alpha value is -7.76. The first kappa shape index (κ1) is 45.1. The summed E-state index contributed by atoms with van der Waals surface area (Å²) in [6.07, 6.45) is 0. The van der Waals surface area contributed by atoms with E-state index in [9.17, 15) is 0 Å². The minimum Gasteiger partial charge on any atom is -0.456 e. The summed E-state index contributed by atoms with van der Waals surface area (Å²) in [6.45, 7) is 27.8. The van der Waals surface area contributed by atoms with Crippen molar-refractivity contribution in [2.24, 2.45) is 0 Å². The summed E-state index contributed by atoms with van der Waals surface area (Å²) in [4.78, 5) is 5.32. The molecule has 73 heavy (non-hydrogen) atoms. The van der Waals surface area contributed by atoms with Crippen molar-refractivity contribution in [1.82, 2.24) is 4.57 Å². The van der Waals surface area contributed by atoms with Crippen LogP contribution in [0.1, 0.15) is 86.1 Å². The molecule has 0 bridgehead atoms. The molecule has 0 fully saturated rings. The summed E-state index contributed by atoms with van der Waals surface area (Å²) in [6, 6.07) is 59.9. The summed E-state index contributed by atoms with van der Waals surface area (Å²) in [7, 11) is 0. The van der Waals surface area contributed by atoms with E-state index in [1.165, 1.54) is 134 Å². The highest BCUT2D eigenvalue weighted by molar-refractivity contribution is 7.00. The van der Waals surface area contributed by atoms with E-state index in [-0.39, 0.29) is 17.5 Å². The summed E-state index contributed by atoms with van der Waals surface area (Å²) < 4.78 is 9.00. The smallest absolute Gasteiger partial charge is 0.252 e. The number of hydrogen-bond donors (Lipinski definition) is 0. The van der Waals surface area contributed by atoms with Crippen LogP contribution in [0.5, 0.6) is 0 Å². The van der Waals surface area contributed by atoms with Gasteiger partial charge in [-0.15, -0.1) is 0 Å². The first-order chi connectivity index (χ1) is 35.0. The second-order valence-corrected chi connectivity index (χ2v) is 23.3. The number of furan rings is 1. The van der Waals surface area contributed by atoms with Crippen LogP contribution in [-0.4, -0.2) is 11.3 Å². The monoisotopic (exact) mass is 947 g/mol. The molecule has 11 aromatic rings. The number of hydrogen-bond acceptors (Lipinski definition) is 3. The summed E-state index contributed by atoms with van der Waals surface area (Å²) >= 11 is 0. The number of benzene rings is 9. The van der Waals surface area contributed by atoms with Crippen molar-refractivity contribution in [3.63, 3.8) is 0 Å². The van der Waals surface area contributed by atoms with Gasteiger partial charge in [0.1, 0.15) is 11.2 Å². The molecule has 13 rings (SSSR count). The molecule has 0 aliphatic carbocycles. The van der Waals surface area contributed by atoms with E-state index >= 15 is 0 Å². The lowest BCUT2D eigenvalue weighted by atomic mass is 9.33. The highest BCUT2D eigenvalue weighted by Crippen LogP contribution is 2.51. The van der Waals surface area contributed by atoms with Gasteiger partial charge in [-0.1, -0.05) is 145 Å². The molecule has 0 spiro atoms. The molecule has 0 radical (unpaired) electrons. The van der Waals surface area contributed by atoms with Gasteiger partial charge >= 0.3 is 0 Å². The molecule has 5 heteroatoms. The van der Waals surface area contributed by atoms with Crippen LogP contribution in [-0.2, 0) is 10.8 Å². The summed E-state index contributed by atoms with van der Waals surface area (Å²) in [5, 5.41) is 4.82. The maximum absolute atomic E-state index is 6.45. The highest BCUT2D eigenvalue weighted by atomic mass is 16.3. The topological polar surface area (TPSA) is 24.6 Å². The van der Waals surface area contributed by atoms with Gasteiger partial charge in [-0.2, -0.15) is 0 Å². The van der Waals surface area contributed by atoms with Crippen LogP contribution < -0.4 is 26.2 Å². The maximum Gasteiger partial charge on any atom is 0.252 e. The van der Waals surface area contributed by atoms with E-state index < -0.39 is 0 Å². The van der Waals surface area contributed by atoms with Gasteiger partial charge in [0.15, 0.2) is 0 Å². The molecule has 4 heterocycles. The molecule has 358 valence electrons. The maximum atomic E-state index is 6.45. The molecule has 2 aliphatic heterocycles. The molecule has 2 aromatic heterocycles. The fraction of sp³-hybridized carbons (Fsp3) is 0.206. The average Bonchev–Trinajstić information content (AvgIpc) is 3.90. The molecule has 0 saturated heterocycles. The van der Waals surface area contributed by atoms with Gasteiger partial charge < -0.3 is 18.8 Å². The molecule has 0 atom stereocenters. The molecule has 0 saturated carbocycles. The molecule has 0 N–H and O–H groups in total. The molecule has 4 nitrogen and oxygen atoms in total. The molecular weight excluding hydrogens is 886 g/mol. The minimum absolute atomic E-state index is 0.0477. The second kappa shape index (κ2) is 15.9. The van der Waals surface area contributed by atoms with Crippen molar-refractivity contribution >= 4 is 101 Å². The molecule has 2 aliphatic rings. The number of rotatable bonds is 4. The molecule has 0 amide bonds. The Morgan fingerprint density at radius 1 is 0.397 bits per heavy atom. The Morgan fingerprint density at radius 2 is 0.932 bits per heavy atom. The number of para-hydroxylation sites is 4. The minimum atomic E-state index is -0.161. The van der Waals surface area contributed by atoms with Crippen LogP contribution >= 0.6 is 0 Å². The number of aryl methyl sites for hydroxylation is 6. The number of nitrogens with zero attached hydrogens (tertiary/aromatic N) is 3. The average molecular weight is 948 g/mol. The van der Waals surface area contributed by atoms with Crippen molar-refractivity contribution in [2.75, 3.05) is 9.80 Å². The van der Waals surface area contributed by atoms with Gasteiger partial charge in [0.05, 0.1) is 28.1 Å². The lowest BCUT2D eigenvalue weighted by Gasteiger charge is -2.46. The third-order valence-corrected chi connectivity index (χ3v) is 16.3. The second-order valence-electron chi connectivity index (χ2n) is 23.3. The van der Waals surface area contributed by atoms with Gasteiger partial charge in [-0.25, -0.2) is 0 Å². The lowest BCUT2D eigenvalue weighted by Crippen LogP contribution is -2.61. The van der Waals surface area contributed by atoms with Gasteiger partial charge in [0.2, 0.25) is 0 Å². The van der Waals surface area contributed by atoms with Gasteiger partial charge in [0, 0.05) is 44.3 Å². The van der Waals surface area contributed by atoms with Crippen molar-refractivity contribution in [3.05, 3.63) is 202 Å². The first-order valence-corrected chi connectivity index (χ1v) is 26.1. The van der Waals surface area contributed by atoms with Gasteiger partial charge in [-0.3, -0.25) is 0 Å². The van der Waals surface area contributed by atoms with Crippen LogP contribution in [0.2, 0.25) is 0 Å². The van der Waals surface area contributed by atoms with Crippen LogP contribution in [0.25, 0.3) is 60.6 Å². The first-order valence-electron chi connectivity index (χ1n) is 26.1. The van der Waals surface area contributed by atoms with E-state index in [0.29, 0.717) is 0 Å².